The Morgan fingerprint density at radius 2 is 2.05 bits per heavy atom. The second-order valence-electron chi connectivity index (χ2n) is 5.96. The molecule has 0 unspecified atom stereocenters. The van der Waals surface area contributed by atoms with Crippen molar-refractivity contribution in [3.05, 3.63) is 18.0 Å². The van der Waals surface area contributed by atoms with E-state index in [2.05, 4.69) is 10.3 Å². The molecule has 22 heavy (non-hydrogen) atoms. The molecule has 1 saturated heterocycles. The van der Waals surface area contributed by atoms with Gasteiger partial charge in [0.25, 0.3) is 5.91 Å². The van der Waals surface area contributed by atoms with Gasteiger partial charge in [-0.05, 0) is 26.3 Å². The number of nitrogens with zero attached hydrogens (tertiary/aromatic N) is 1. The second kappa shape index (κ2) is 6.64. The van der Waals surface area contributed by atoms with Crippen molar-refractivity contribution < 1.29 is 13.2 Å². The van der Waals surface area contributed by atoms with E-state index in [1.165, 1.54) is 16.6 Å². The van der Waals surface area contributed by atoms with Gasteiger partial charge < -0.3 is 10.3 Å². The molecule has 2 rings (SSSR count). The first-order valence-corrected chi connectivity index (χ1v) is 9.94. The van der Waals surface area contributed by atoms with Crippen LogP contribution in [0.5, 0.6) is 0 Å². The van der Waals surface area contributed by atoms with Crippen molar-refractivity contribution >= 4 is 27.7 Å². The Labute approximate surface area is 136 Å². The SMILES string of the molecule is CCC(C)(C)NC(=O)c1cc(S(=O)(=O)N2CCSCC2)c[nH]1. The highest BCUT2D eigenvalue weighted by atomic mass is 32.2. The Hall–Kier alpha value is -0.990. The van der Waals surface area contributed by atoms with Crippen molar-refractivity contribution in [2.45, 2.75) is 37.6 Å². The number of aromatic amines is 1. The van der Waals surface area contributed by atoms with Crippen molar-refractivity contribution in [3.8, 4) is 0 Å². The molecule has 1 amide bonds. The van der Waals surface area contributed by atoms with Crippen LogP contribution in [-0.2, 0) is 10.0 Å². The largest absolute Gasteiger partial charge is 0.356 e. The average molecular weight is 345 g/mol. The molecule has 2 N–H and O–H groups in total. The molecule has 0 spiro atoms. The van der Waals surface area contributed by atoms with Gasteiger partial charge in [-0.1, -0.05) is 6.92 Å². The summed E-state index contributed by atoms with van der Waals surface area (Å²) in [5.74, 6) is 1.33. The molecule has 0 atom stereocenters. The minimum Gasteiger partial charge on any atom is -0.356 e. The maximum atomic E-state index is 12.5. The van der Waals surface area contributed by atoms with Gasteiger partial charge in [-0.25, -0.2) is 8.42 Å². The van der Waals surface area contributed by atoms with Crippen LogP contribution >= 0.6 is 11.8 Å². The minimum atomic E-state index is -3.52. The van der Waals surface area contributed by atoms with E-state index in [-0.39, 0.29) is 22.0 Å². The molecule has 6 nitrogen and oxygen atoms in total. The molecule has 1 aromatic heterocycles. The van der Waals surface area contributed by atoms with Crippen molar-refractivity contribution in [2.75, 3.05) is 24.6 Å². The van der Waals surface area contributed by atoms with E-state index in [0.29, 0.717) is 13.1 Å². The molecule has 0 aliphatic carbocycles. The van der Waals surface area contributed by atoms with E-state index in [4.69, 9.17) is 0 Å². The number of aromatic nitrogens is 1. The number of amides is 1. The molecular weight excluding hydrogens is 322 g/mol. The molecule has 2 heterocycles. The normalized spacial score (nSPS) is 17.4. The van der Waals surface area contributed by atoms with Crippen LogP contribution in [0.4, 0.5) is 0 Å². The lowest BCUT2D eigenvalue weighted by molar-refractivity contribution is 0.0906. The van der Waals surface area contributed by atoms with Crippen molar-refractivity contribution in [2.24, 2.45) is 0 Å². The number of nitrogens with one attached hydrogen (secondary N) is 2. The Balaban J connectivity index is 2.15. The Morgan fingerprint density at radius 1 is 1.41 bits per heavy atom. The van der Waals surface area contributed by atoms with Gasteiger partial charge in [0.1, 0.15) is 10.6 Å². The van der Waals surface area contributed by atoms with Gasteiger partial charge in [-0.3, -0.25) is 4.79 Å². The van der Waals surface area contributed by atoms with Gasteiger partial charge in [-0.15, -0.1) is 0 Å². The summed E-state index contributed by atoms with van der Waals surface area (Å²) in [6, 6.07) is 1.41. The third-order valence-electron chi connectivity index (χ3n) is 3.84. The standard InChI is InChI=1S/C14H23N3O3S2/c1-4-14(2,3)16-13(18)12-9-11(10-15-12)22(19,20)17-5-7-21-8-6-17/h9-10,15H,4-8H2,1-3H3,(H,16,18). The van der Waals surface area contributed by atoms with Crippen molar-refractivity contribution in [3.63, 3.8) is 0 Å². The number of carbonyl (C=O) groups is 1. The van der Waals surface area contributed by atoms with Crippen LogP contribution < -0.4 is 5.32 Å². The Bertz CT molecular complexity index is 632. The lowest BCUT2D eigenvalue weighted by Crippen LogP contribution is -2.42. The average Bonchev–Trinajstić information content (AvgIpc) is 2.98. The molecule has 0 bridgehead atoms. The first kappa shape index (κ1) is 17.4. The van der Waals surface area contributed by atoms with E-state index in [1.807, 2.05) is 20.8 Å². The second-order valence-corrected chi connectivity index (χ2v) is 9.12. The molecule has 1 aliphatic heterocycles. The minimum absolute atomic E-state index is 0.152. The number of carbonyl (C=O) groups excluding carboxylic acids is 1. The fourth-order valence-corrected chi connectivity index (χ4v) is 4.62. The summed E-state index contributed by atoms with van der Waals surface area (Å²) in [7, 11) is -3.52. The number of hydrogen-bond donors (Lipinski definition) is 2. The third kappa shape index (κ3) is 3.85. The van der Waals surface area contributed by atoms with E-state index < -0.39 is 10.0 Å². The Morgan fingerprint density at radius 3 is 2.64 bits per heavy atom. The fourth-order valence-electron chi connectivity index (χ4n) is 2.05. The van der Waals surface area contributed by atoms with Crippen LogP contribution in [0, 0.1) is 0 Å². The number of H-pyrrole nitrogens is 1. The number of rotatable bonds is 5. The van der Waals surface area contributed by atoms with Gasteiger partial charge in [0.2, 0.25) is 10.0 Å². The van der Waals surface area contributed by atoms with Crippen LogP contribution in [0.1, 0.15) is 37.7 Å². The molecule has 1 aromatic rings. The zero-order chi connectivity index (χ0) is 16.4. The van der Waals surface area contributed by atoms with Gasteiger partial charge in [0.15, 0.2) is 0 Å². The maximum absolute atomic E-state index is 12.5. The summed E-state index contributed by atoms with van der Waals surface area (Å²) in [6.07, 6.45) is 2.18. The fraction of sp³-hybridized carbons (Fsp3) is 0.643. The monoisotopic (exact) mass is 345 g/mol. The van der Waals surface area contributed by atoms with Gasteiger partial charge in [0.05, 0.1) is 0 Å². The van der Waals surface area contributed by atoms with E-state index in [0.717, 1.165) is 17.9 Å². The number of sulfonamides is 1. The highest BCUT2D eigenvalue weighted by Gasteiger charge is 2.28. The van der Waals surface area contributed by atoms with E-state index in [9.17, 15) is 13.2 Å². The third-order valence-corrected chi connectivity index (χ3v) is 6.66. The van der Waals surface area contributed by atoms with Crippen LogP contribution in [0.15, 0.2) is 17.2 Å². The van der Waals surface area contributed by atoms with Crippen molar-refractivity contribution in [1.82, 2.24) is 14.6 Å². The molecule has 124 valence electrons. The predicted molar refractivity (Wildman–Crippen MR) is 88.7 cm³/mol. The molecule has 1 aliphatic rings. The van der Waals surface area contributed by atoms with Crippen LogP contribution in [0.2, 0.25) is 0 Å². The molecule has 0 saturated carbocycles. The lowest BCUT2D eigenvalue weighted by atomic mass is 10.0. The van der Waals surface area contributed by atoms with Gasteiger partial charge in [-0.2, -0.15) is 16.1 Å². The van der Waals surface area contributed by atoms with Crippen molar-refractivity contribution in [1.29, 1.82) is 0 Å². The summed E-state index contributed by atoms with van der Waals surface area (Å²) >= 11 is 1.75. The molecule has 0 radical (unpaired) electrons. The smallest absolute Gasteiger partial charge is 0.268 e. The Kier molecular flexibility index (Phi) is 5.24. The summed E-state index contributed by atoms with van der Waals surface area (Å²) in [5, 5.41) is 2.88. The summed E-state index contributed by atoms with van der Waals surface area (Å²) in [6.45, 7) is 6.87. The van der Waals surface area contributed by atoms with Gasteiger partial charge >= 0.3 is 0 Å². The highest BCUT2D eigenvalue weighted by molar-refractivity contribution is 7.99. The zero-order valence-corrected chi connectivity index (χ0v) is 14.8. The van der Waals surface area contributed by atoms with Crippen LogP contribution in [0.3, 0.4) is 0 Å². The summed E-state index contributed by atoms with van der Waals surface area (Å²) < 4.78 is 26.5. The maximum Gasteiger partial charge on any atom is 0.268 e. The van der Waals surface area contributed by atoms with E-state index >= 15 is 0 Å². The van der Waals surface area contributed by atoms with E-state index in [1.54, 1.807) is 11.8 Å². The first-order valence-electron chi connectivity index (χ1n) is 7.35. The molecular formula is C14H23N3O3S2. The quantitative estimate of drug-likeness (QED) is 0.850. The highest BCUT2D eigenvalue weighted by Crippen LogP contribution is 2.21. The topological polar surface area (TPSA) is 82.3 Å². The van der Waals surface area contributed by atoms with Crippen LogP contribution in [0.25, 0.3) is 0 Å². The molecule has 1 fully saturated rings. The zero-order valence-electron chi connectivity index (χ0n) is 13.2. The number of thioether (sulfide) groups is 1. The molecule has 0 aromatic carbocycles. The lowest BCUT2D eigenvalue weighted by Gasteiger charge is -2.25. The molecule has 8 heteroatoms. The van der Waals surface area contributed by atoms with Gasteiger partial charge in [0, 0.05) is 36.3 Å². The summed E-state index contributed by atoms with van der Waals surface area (Å²) in [4.78, 5) is 15.1. The summed E-state index contributed by atoms with van der Waals surface area (Å²) in [5.41, 5.74) is -0.0582. The number of hydrogen-bond acceptors (Lipinski definition) is 4. The first-order chi connectivity index (χ1) is 10.3. The predicted octanol–water partition coefficient (Wildman–Crippen LogP) is 1.67. The van der Waals surface area contributed by atoms with Crippen LogP contribution in [-0.4, -0.2) is 53.7 Å².